The minimum Gasteiger partial charge on any atom is -0.323 e. The minimum absolute atomic E-state index is 0.212. The Balaban J connectivity index is 2.11. The molecule has 0 bridgehead atoms. The molecule has 1 amide bonds. The van der Waals surface area contributed by atoms with Crippen LogP contribution in [0.1, 0.15) is 5.56 Å². The maximum absolute atomic E-state index is 13.3. The van der Waals surface area contributed by atoms with E-state index in [0.29, 0.717) is 11.6 Å². The third-order valence-corrected chi connectivity index (χ3v) is 2.56. The molecule has 0 saturated carbocycles. The van der Waals surface area contributed by atoms with Crippen LogP contribution < -0.4 is 5.32 Å². The molecule has 0 spiro atoms. The lowest BCUT2D eigenvalue weighted by molar-refractivity contribution is -0.115. The zero-order valence-electron chi connectivity index (χ0n) is 10.1. The van der Waals surface area contributed by atoms with Gasteiger partial charge in [-0.15, -0.1) is 0 Å². The van der Waals surface area contributed by atoms with Crippen molar-refractivity contribution in [3.05, 3.63) is 65.2 Å². The van der Waals surface area contributed by atoms with Crippen molar-refractivity contribution < 1.29 is 22.4 Å². The van der Waals surface area contributed by atoms with Gasteiger partial charge in [0.25, 0.3) is 0 Å². The van der Waals surface area contributed by atoms with Crippen LogP contribution in [-0.2, 0) is 11.2 Å². The Morgan fingerprint density at radius 2 is 1.75 bits per heavy atom. The van der Waals surface area contributed by atoms with Crippen LogP contribution in [0.25, 0.3) is 0 Å². The first-order valence-corrected chi connectivity index (χ1v) is 5.65. The van der Waals surface area contributed by atoms with E-state index in [-0.39, 0.29) is 6.42 Å². The fraction of sp³-hybridized carbons (Fsp3) is 0.0714. The fourth-order valence-corrected chi connectivity index (χ4v) is 1.65. The molecule has 6 heteroatoms. The van der Waals surface area contributed by atoms with Crippen LogP contribution in [-0.4, -0.2) is 5.91 Å². The van der Waals surface area contributed by atoms with Crippen LogP contribution in [0.5, 0.6) is 0 Å². The predicted molar refractivity (Wildman–Crippen MR) is 65.0 cm³/mol. The highest BCUT2D eigenvalue weighted by molar-refractivity contribution is 5.92. The topological polar surface area (TPSA) is 29.1 Å². The Kier molecular flexibility index (Phi) is 4.02. The molecule has 2 aromatic carbocycles. The quantitative estimate of drug-likeness (QED) is 0.678. The van der Waals surface area contributed by atoms with E-state index >= 15 is 0 Å². The largest absolute Gasteiger partial charge is 0.323 e. The molecule has 0 aliphatic carbocycles. The van der Waals surface area contributed by atoms with E-state index in [1.54, 1.807) is 0 Å². The lowest BCUT2D eigenvalue weighted by Crippen LogP contribution is -2.16. The summed E-state index contributed by atoms with van der Waals surface area (Å²) < 4.78 is 51.9. The van der Waals surface area contributed by atoms with Crippen LogP contribution in [0.3, 0.4) is 0 Å². The second-order valence-corrected chi connectivity index (χ2v) is 4.08. The summed E-state index contributed by atoms with van der Waals surface area (Å²) in [4.78, 5) is 11.6. The molecule has 0 aromatic heterocycles. The Morgan fingerprint density at radius 1 is 1.00 bits per heavy atom. The van der Waals surface area contributed by atoms with Gasteiger partial charge in [0.2, 0.25) is 5.91 Å². The van der Waals surface area contributed by atoms with Gasteiger partial charge in [-0.2, -0.15) is 0 Å². The Labute approximate surface area is 112 Å². The van der Waals surface area contributed by atoms with E-state index in [1.165, 1.54) is 18.2 Å². The average molecular weight is 283 g/mol. The molecule has 2 aromatic rings. The molecule has 20 heavy (non-hydrogen) atoms. The molecule has 2 rings (SSSR count). The lowest BCUT2D eigenvalue weighted by atomic mass is 10.1. The summed E-state index contributed by atoms with van der Waals surface area (Å²) in [5.41, 5.74) is -0.0872. The molecule has 2 nitrogen and oxygen atoms in total. The lowest BCUT2D eigenvalue weighted by Gasteiger charge is -2.07. The molecular formula is C14H9F4NO. The normalized spacial score (nSPS) is 10.4. The average Bonchev–Trinajstić information content (AvgIpc) is 2.39. The number of carbonyl (C=O) groups excluding carboxylic acids is 1. The van der Waals surface area contributed by atoms with Gasteiger partial charge >= 0.3 is 0 Å². The van der Waals surface area contributed by atoms with Crippen molar-refractivity contribution in [1.82, 2.24) is 0 Å². The van der Waals surface area contributed by atoms with E-state index in [2.05, 4.69) is 5.32 Å². The molecule has 104 valence electrons. The van der Waals surface area contributed by atoms with Crippen LogP contribution in [0.15, 0.2) is 36.4 Å². The monoisotopic (exact) mass is 283 g/mol. The standard InChI is InChI=1S/C14H9F4NO/c15-9-3-1-2-8(6-9)7-12(20)19-11-5-4-10(16)13(17)14(11)18/h1-6H,7H2,(H,19,20). The summed E-state index contributed by atoms with van der Waals surface area (Å²) in [5.74, 6) is -5.65. The Hall–Kier alpha value is -2.37. The van der Waals surface area contributed by atoms with E-state index in [1.807, 2.05) is 0 Å². The van der Waals surface area contributed by atoms with Crippen LogP contribution in [0.4, 0.5) is 23.2 Å². The molecular weight excluding hydrogens is 274 g/mol. The summed E-state index contributed by atoms with van der Waals surface area (Å²) in [7, 11) is 0. The van der Waals surface area contributed by atoms with E-state index in [0.717, 1.165) is 12.1 Å². The highest BCUT2D eigenvalue weighted by Gasteiger charge is 2.15. The van der Waals surface area contributed by atoms with Crippen molar-refractivity contribution >= 4 is 11.6 Å². The van der Waals surface area contributed by atoms with Crippen LogP contribution >= 0.6 is 0 Å². The van der Waals surface area contributed by atoms with Crippen LogP contribution in [0, 0.1) is 23.3 Å². The van der Waals surface area contributed by atoms with Gasteiger partial charge in [0, 0.05) is 0 Å². The smallest absolute Gasteiger partial charge is 0.228 e. The predicted octanol–water partition coefficient (Wildman–Crippen LogP) is 3.42. The van der Waals surface area contributed by atoms with Crippen molar-refractivity contribution in [3.8, 4) is 0 Å². The number of hydrogen-bond acceptors (Lipinski definition) is 1. The van der Waals surface area contributed by atoms with Gasteiger partial charge in [0.15, 0.2) is 17.5 Å². The number of halogens is 4. The zero-order valence-corrected chi connectivity index (χ0v) is 10.1. The third-order valence-electron chi connectivity index (χ3n) is 2.56. The van der Waals surface area contributed by atoms with Gasteiger partial charge in [-0.3, -0.25) is 4.79 Å². The number of carbonyl (C=O) groups is 1. The van der Waals surface area contributed by atoms with Crippen molar-refractivity contribution in [2.24, 2.45) is 0 Å². The maximum Gasteiger partial charge on any atom is 0.228 e. The van der Waals surface area contributed by atoms with Crippen molar-refractivity contribution in [1.29, 1.82) is 0 Å². The van der Waals surface area contributed by atoms with Crippen molar-refractivity contribution in [2.45, 2.75) is 6.42 Å². The summed E-state index contributed by atoms with van der Waals surface area (Å²) >= 11 is 0. The molecule has 0 saturated heterocycles. The Morgan fingerprint density at radius 3 is 2.45 bits per heavy atom. The summed E-state index contributed by atoms with van der Waals surface area (Å²) in [6.07, 6.45) is -0.212. The van der Waals surface area contributed by atoms with E-state index in [9.17, 15) is 22.4 Å². The van der Waals surface area contributed by atoms with Gasteiger partial charge in [0.05, 0.1) is 12.1 Å². The first-order chi connectivity index (χ1) is 9.47. The molecule has 0 atom stereocenters. The first kappa shape index (κ1) is 14.0. The minimum atomic E-state index is -1.66. The molecule has 0 fully saturated rings. The van der Waals surface area contributed by atoms with Gasteiger partial charge in [-0.25, -0.2) is 17.6 Å². The third kappa shape index (κ3) is 3.14. The summed E-state index contributed by atoms with van der Waals surface area (Å²) in [6, 6.07) is 6.94. The second kappa shape index (κ2) is 5.73. The first-order valence-electron chi connectivity index (χ1n) is 5.65. The van der Waals surface area contributed by atoms with Gasteiger partial charge in [0.1, 0.15) is 5.82 Å². The number of nitrogens with one attached hydrogen (secondary N) is 1. The Bertz CT molecular complexity index is 658. The molecule has 0 unspecified atom stereocenters. The van der Waals surface area contributed by atoms with E-state index < -0.39 is 34.9 Å². The van der Waals surface area contributed by atoms with Gasteiger partial charge in [-0.1, -0.05) is 12.1 Å². The molecule has 1 N–H and O–H groups in total. The number of rotatable bonds is 3. The zero-order chi connectivity index (χ0) is 14.7. The number of hydrogen-bond donors (Lipinski definition) is 1. The second-order valence-electron chi connectivity index (χ2n) is 4.08. The highest BCUT2D eigenvalue weighted by Crippen LogP contribution is 2.19. The number of benzene rings is 2. The molecule has 0 heterocycles. The highest BCUT2D eigenvalue weighted by atomic mass is 19.2. The van der Waals surface area contributed by atoms with E-state index in [4.69, 9.17) is 0 Å². The molecule has 0 aliphatic heterocycles. The number of amides is 1. The number of anilines is 1. The van der Waals surface area contributed by atoms with Crippen molar-refractivity contribution in [2.75, 3.05) is 5.32 Å². The van der Waals surface area contributed by atoms with Gasteiger partial charge in [-0.05, 0) is 29.8 Å². The molecule has 0 aliphatic rings. The fourth-order valence-electron chi connectivity index (χ4n) is 1.65. The SMILES string of the molecule is O=C(Cc1cccc(F)c1)Nc1ccc(F)c(F)c1F. The van der Waals surface area contributed by atoms with Crippen LogP contribution in [0.2, 0.25) is 0 Å². The summed E-state index contributed by atoms with van der Waals surface area (Å²) in [5, 5.41) is 2.10. The van der Waals surface area contributed by atoms with Gasteiger partial charge < -0.3 is 5.32 Å². The van der Waals surface area contributed by atoms with Crippen molar-refractivity contribution in [3.63, 3.8) is 0 Å². The maximum atomic E-state index is 13.3. The molecule has 0 radical (unpaired) electrons. The summed E-state index contributed by atoms with van der Waals surface area (Å²) in [6.45, 7) is 0.